The molecule has 0 saturated carbocycles. The Hall–Kier alpha value is -1.70. The Balaban J connectivity index is 2.27. The molecule has 17 heavy (non-hydrogen) atoms. The van der Waals surface area contributed by atoms with Gasteiger partial charge in [0.15, 0.2) is 0 Å². The first-order chi connectivity index (χ1) is 8.27. The van der Waals surface area contributed by atoms with E-state index in [-0.39, 0.29) is 5.91 Å². The molecule has 0 aliphatic carbocycles. The number of hydrogen-bond donors (Lipinski definition) is 1. The van der Waals surface area contributed by atoms with Gasteiger partial charge in [0.1, 0.15) is 0 Å². The van der Waals surface area contributed by atoms with Gasteiger partial charge in [0.05, 0.1) is 0 Å². The average molecular weight is 286 g/mol. The van der Waals surface area contributed by atoms with Crippen LogP contribution in [-0.4, -0.2) is 26.0 Å². The molecule has 0 atom stereocenters. The predicted octanol–water partition coefficient (Wildman–Crippen LogP) is 1.74. The summed E-state index contributed by atoms with van der Waals surface area (Å²) in [5.41, 5.74) is 3.75. The maximum atomic E-state index is 11.9. The number of nitrogens with one attached hydrogen (secondary N) is 1. The van der Waals surface area contributed by atoms with E-state index in [1.165, 1.54) is 0 Å². The Kier molecular flexibility index (Phi) is 2.43. The molecular weight excluding hydrogens is 277 g/mol. The van der Waals surface area contributed by atoms with Gasteiger partial charge in [-0.2, -0.15) is 0 Å². The second-order valence-corrected chi connectivity index (χ2v) is 4.73. The molecule has 0 saturated heterocycles. The van der Waals surface area contributed by atoms with Gasteiger partial charge in [-0.15, -0.1) is 0 Å². The molecule has 1 heterocycles. The number of benzene rings is 2. The summed E-state index contributed by atoms with van der Waals surface area (Å²) in [6, 6.07) is 15.9. The van der Waals surface area contributed by atoms with Crippen molar-refractivity contribution >= 4 is 26.0 Å². The minimum absolute atomic E-state index is 0.0341. The van der Waals surface area contributed by atoms with Gasteiger partial charge in [0.25, 0.3) is 0 Å². The molecule has 1 aliphatic heterocycles. The summed E-state index contributed by atoms with van der Waals surface area (Å²) in [7, 11) is 0. The van der Waals surface area contributed by atoms with Gasteiger partial charge in [0.2, 0.25) is 0 Å². The number of carbonyl (C=O) groups excluding carboxylic acids is 1. The first kappa shape index (κ1) is 10.5. The first-order valence-corrected chi connectivity index (χ1v) is 6.17. The van der Waals surface area contributed by atoms with E-state index >= 15 is 0 Å². The number of rotatable bonds is 1. The van der Waals surface area contributed by atoms with Crippen LogP contribution in [0.15, 0.2) is 48.5 Å². The number of amides is 1. The summed E-state index contributed by atoms with van der Waals surface area (Å²) in [6.45, 7) is 0. The van der Waals surface area contributed by atoms with E-state index in [2.05, 4.69) is 20.9 Å². The SMILES string of the molecule is O=C1NC(=[Se])c2cccc(-c3ccccc3)c21. The standard InChI is InChI=1S/C14H9NOSe/c16-13-12-10(9-5-2-1-3-6-9)7-4-8-11(12)14(17)15-13/h1-8H,(H,15,16,17). The topological polar surface area (TPSA) is 29.1 Å². The number of fused-ring (bicyclic) bond motifs is 1. The maximum absolute atomic E-state index is 11.9. The third-order valence-electron chi connectivity index (χ3n) is 2.85. The molecule has 3 rings (SSSR count). The minimum atomic E-state index is -0.0341. The van der Waals surface area contributed by atoms with Crippen molar-refractivity contribution in [3.63, 3.8) is 0 Å². The predicted molar refractivity (Wildman–Crippen MR) is 69.2 cm³/mol. The van der Waals surface area contributed by atoms with Gasteiger partial charge in [-0.05, 0) is 0 Å². The third kappa shape index (κ3) is 1.64. The van der Waals surface area contributed by atoms with Crippen molar-refractivity contribution in [2.24, 2.45) is 0 Å². The molecule has 1 N–H and O–H groups in total. The van der Waals surface area contributed by atoms with Gasteiger partial charge in [0, 0.05) is 0 Å². The fourth-order valence-corrected chi connectivity index (χ4v) is 2.63. The van der Waals surface area contributed by atoms with E-state index < -0.39 is 0 Å². The molecule has 0 spiro atoms. The molecule has 0 bridgehead atoms. The number of hydrogen-bond acceptors (Lipinski definition) is 1. The molecule has 0 fully saturated rings. The van der Waals surface area contributed by atoms with Gasteiger partial charge in [-0.3, -0.25) is 0 Å². The van der Waals surface area contributed by atoms with Crippen LogP contribution in [0.5, 0.6) is 0 Å². The van der Waals surface area contributed by atoms with Crippen LogP contribution in [0.1, 0.15) is 15.9 Å². The van der Waals surface area contributed by atoms with E-state index in [0.29, 0.717) is 0 Å². The van der Waals surface area contributed by atoms with Crippen molar-refractivity contribution in [2.75, 3.05) is 0 Å². The molecule has 2 aromatic carbocycles. The van der Waals surface area contributed by atoms with E-state index in [1.54, 1.807) is 0 Å². The van der Waals surface area contributed by atoms with Crippen LogP contribution in [0, 0.1) is 0 Å². The summed E-state index contributed by atoms with van der Waals surface area (Å²) in [5.74, 6) is -0.0341. The fraction of sp³-hybridized carbons (Fsp3) is 0. The molecule has 3 heteroatoms. The van der Waals surface area contributed by atoms with Crippen LogP contribution < -0.4 is 5.32 Å². The molecule has 0 aromatic heterocycles. The van der Waals surface area contributed by atoms with E-state index in [9.17, 15) is 4.79 Å². The van der Waals surface area contributed by atoms with Crippen molar-refractivity contribution in [2.45, 2.75) is 0 Å². The van der Waals surface area contributed by atoms with Crippen molar-refractivity contribution < 1.29 is 4.79 Å². The normalized spacial score (nSPS) is 13.4. The Morgan fingerprint density at radius 2 is 1.59 bits per heavy atom. The zero-order valence-corrected chi connectivity index (χ0v) is 10.6. The van der Waals surface area contributed by atoms with Crippen molar-refractivity contribution in [3.05, 3.63) is 59.7 Å². The van der Waals surface area contributed by atoms with E-state index in [4.69, 9.17) is 0 Å². The fourth-order valence-electron chi connectivity index (χ4n) is 2.08. The van der Waals surface area contributed by atoms with Gasteiger partial charge >= 0.3 is 107 Å². The zero-order valence-electron chi connectivity index (χ0n) is 8.94. The Morgan fingerprint density at radius 3 is 2.35 bits per heavy atom. The quantitative estimate of drug-likeness (QED) is 0.795. The average Bonchev–Trinajstić information content (AvgIpc) is 2.66. The summed E-state index contributed by atoms with van der Waals surface area (Å²) in [6.07, 6.45) is 0. The van der Waals surface area contributed by atoms with Crippen molar-refractivity contribution in [1.82, 2.24) is 5.32 Å². The first-order valence-electron chi connectivity index (χ1n) is 5.31. The van der Waals surface area contributed by atoms with Gasteiger partial charge in [-0.25, -0.2) is 0 Å². The molecular formula is C14H9NOSe. The van der Waals surface area contributed by atoms with Crippen molar-refractivity contribution in [3.8, 4) is 11.1 Å². The van der Waals surface area contributed by atoms with Crippen LogP contribution in [0.4, 0.5) is 0 Å². The van der Waals surface area contributed by atoms with Crippen LogP contribution in [0.3, 0.4) is 0 Å². The second-order valence-electron chi connectivity index (χ2n) is 3.88. The Labute approximate surface area is 107 Å². The second kappa shape index (κ2) is 3.95. The third-order valence-corrected chi connectivity index (χ3v) is 3.52. The van der Waals surface area contributed by atoms with Crippen LogP contribution in [0.25, 0.3) is 11.1 Å². The van der Waals surface area contributed by atoms with Crippen LogP contribution >= 0.6 is 0 Å². The molecule has 0 unspecified atom stereocenters. The molecule has 2 aromatic rings. The van der Waals surface area contributed by atoms with Gasteiger partial charge in [-0.1, -0.05) is 0 Å². The van der Waals surface area contributed by atoms with Crippen LogP contribution in [-0.2, 0) is 0 Å². The Morgan fingerprint density at radius 1 is 0.882 bits per heavy atom. The monoisotopic (exact) mass is 287 g/mol. The summed E-state index contributed by atoms with van der Waals surface area (Å²) in [4.78, 5) is 11.9. The van der Waals surface area contributed by atoms with Crippen LogP contribution in [0.2, 0.25) is 0 Å². The molecule has 2 nitrogen and oxygen atoms in total. The molecule has 0 radical (unpaired) electrons. The zero-order chi connectivity index (χ0) is 11.8. The summed E-state index contributed by atoms with van der Waals surface area (Å²) < 4.78 is 0.808. The summed E-state index contributed by atoms with van der Waals surface area (Å²) >= 11 is 2.89. The molecule has 1 amide bonds. The number of carbonyl (C=O) groups is 1. The van der Waals surface area contributed by atoms with E-state index in [1.807, 2.05) is 48.5 Å². The van der Waals surface area contributed by atoms with Gasteiger partial charge < -0.3 is 0 Å². The Bertz CT molecular complexity index is 619. The summed E-state index contributed by atoms with van der Waals surface area (Å²) in [5, 5.41) is 2.81. The molecule has 1 aliphatic rings. The molecule has 82 valence electrons. The van der Waals surface area contributed by atoms with E-state index in [0.717, 1.165) is 26.8 Å². The van der Waals surface area contributed by atoms with Crippen molar-refractivity contribution in [1.29, 1.82) is 0 Å².